The molecule has 1 aromatic heterocycles. The van der Waals surface area contributed by atoms with Crippen LogP contribution >= 0.6 is 0 Å². The number of imidazole rings is 1. The van der Waals surface area contributed by atoms with Crippen molar-refractivity contribution in [3.63, 3.8) is 0 Å². The summed E-state index contributed by atoms with van der Waals surface area (Å²) in [6.07, 6.45) is 0.335. The summed E-state index contributed by atoms with van der Waals surface area (Å²) in [5.41, 5.74) is 1.94. The highest BCUT2D eigenvalue weighted by Crippen LogP contribution is 2.21. The maximum Gasteiger partial charge on any atom is 0.229 e. The molecule has 0 saturated carbocycles. The quantitative estimate of drug-likeness (QED) is 0.881. The molecular formula is C15H21N3O2. The third-order valence-corrected chi connectivity index (χ3v) is 2.99. The van der Waals surface area contributed by atoms with E-state index in [1.807, 2.05) is 24.3 Å². The highest BCUT2D eigenvalue weighted by molar-refractivity contribution is 5.91. The van der Waals surface area contributed by atoms with Gasteiger partial charge in [0.2, 0.25) is 11.9 Å². The number of rotatable bonds is 6. The van der Waals surface area contributed by atoms with Crippen molar-refractivity contribution in [3.05, 3.63) is 24.3 Å². The normalized spacial score (nSPS) is 11.2. The zero-order chi connectivity index (χ0) is 14.5. The Labute approximate surface area is 118 Å². The molecule has 0 bridgehead atoms. The van der Waals surface area contributed by atoms with E-state index in [2.05, 4.69) is 28.7 Å². The summed E-state index contributed by atoms with van der Waals surface area (Å²) in [6, 6.07) is 7.91. The van der Waals surface area contributed by atoms with E-state index in [4.69, 9.17) is 4.74 Å². The summed E-state index contributed by atoms with van der Waals surface area (Å²) in [4.78, 5) is 16.3. The van der Waals surface area contributed by atoms with Gasteiger partial charge in [-0.25, -0.2) is 4.98 Å². The molecule has 0 unspecified atom stereocenters. The maximum absolute atomic E-state index is 11.8. The Bertz CT molecular complexity index is 590. The van der Waals surface area contributed by atoms with Crippen molar-refractivity contribution in [1.82, 2.24) is 9.55 Å². The standard InChI is InChI=1S/C15H21N3O2/c1-11(2)10-18-13-7-5-4-6-12(13)16-15(18)17-14(19)8-9-20-3/h4-7,11H,8-10H2,1-3H3,(H,16,17,19). The molecule has 20 heavy (non-hydrogen) atoms. The molecular weight excluding hydrogens is 254 g/mol. The van der Waals surface area contributed by atoms with Gasteiger partial charge in [0.1, 0.15) is 0 Å². The van der Waals surface area contributed by atoms with Crippen LogP contribution in [0.3, 0.4) is 0 Å². The minimum absolute atomic E-state index is 0.0767. The first kappa shape index (κ1) is 14.5. The molecule has 1 aromatic carbocycles. The summed E-state index contributed by atoms with van der Waals surface area (Å²) in [5, 5.41) is 2.87. The molecule has 5 nitrogen and oxygen atoms in total. The predicted octanol–water partition coefficient (Wildman–Crippen LogP) is 2.67. The first-order valence-electron chi connectivity index (χ1n) is 6.86. The summed E-state index contributed by atoms with van der Waals surface area (Å²) in [5.74, 6) is 1.01. The van der Waals surface area contributed by atoms with Crippen LogP contribution in [0.25, 0.3) is 11.0 Å². The van der Waals surface area contributed by atoms with Crippen LogP contribution in [0, 0.1) is 5.92 Å². The average Bonchev–Trinajstić information content (AvgIpc) is 2.74. The Morgan fingerprint density at radius 2 is 2.15 bits per heavy atom. The summed E-state index contributed by atoms with van der Waals surface area (Å²) < 4.78 is 6.98. The van der Waals surface area contributed by atoms with Gasteiger partial charge in [0, 0.05) is 13.7 Å². The zero-order valence-corrected chi connectivity index (χ0v) is 12.2. The van der Waals surface area contributed by atoms with Crippen molar-refractivity contribution < 1.29 is 9.53 Å². The van der Waals surface area contributed by atoms with Gasteiger partial charge in [-0.15, -0.1) is 0 Å². The summed E-state index contributed by atoms with van der Waals surface area (Å²) >= 11 is 0. The number of hydrogen-bond acceptors (Lipinski definition) is 3. The van der Waals surface area contributed by atoms with Gasteiger partial charge in [0.25, 0.3) is 0 Å². The Balaban J connectivity index is 2.28. The topological polar surface area (TPSA) is 56.1 Å². The highest BCUT2D eigenvalue weighted by Gasteiger charge is 2.13. The van der Waals surface area contributed by atoms with E-state index in [9.17, 15) is 4.79 Å². The number of amides is 1. The maximum atomic E-state index is 11.8. The number of ether oxygens (including phenoxy) is 1. The summed E-state index contributed by atoms with van der Waals surface area (Å²) in [7, 11) is 1.58. The van der Waals surface area contributed by atoms with E-state index < -0.39 is 0 Å². The molecule has 0 radical (unpaired) electrons. The third-order valence-electron chi connectivity index (χ3n) is 2.99. The molecule has 0 atom stereocenters. The third kappa shape index (κ3) is 3.36. The van der Waals surface area contributed by atoms with Gasteiger partial charge in [-0.3, -0.25) is 10.1 Å². The van der Waals surface area contributed by atoms with Crippen LogP contribution in [-0.4, -0.2) is 29.2 Å². The van der Waals surface area contributed by atoms with Crippen molar-refractivity contribution in [3.8, 4) is 0 Å². The van der Waals surface area contributed by atoms with Crippen LogP contribution in [-0.2, 0) is 16.1 Å². The van der Waals surface area contributed by atoms with Gasteiger partial charge in [-0.2, -0.15) is 0 Å². The molecule has 5 heteroatoms. The average molecular weight is 275 g/mol. The lowest BCUT2D eigenvalue weighted by molar-refractivity contribution is -0.117. The number of aromatic nitrogens is 2. The number of methoxy groups -OCH3 is 1. The van der Waals surface area contributed by atoms with Gasteiger partial charge in [-0.1, -0.05) is 26.0 Å². The van der Waals surface area contributed by atoms with E-state index in [1.54, 1.807) is 7.11 Å². The number of anilines is 1. The van der Waals surface area contributed by atoms with Crippen molar-refractivity contribution >= 4 is 22.9 Å². The van der Waals surface area contributed by atoms with E-state index >= 15 is 0 Å². The number of carbonyl (C=O) groups is 1. The second-order valence-electron chi connectivity index (χ2n) is 5.22. The second kappa shape index (κ2) is 6.52. The van der Waals surface area contributed by atoms with Gasteiger partial charge >= 0.3 is 0 Å². The number of para-hydroxylation sites is 2. The molecule has 2 aromatic rings. The Morgan fingerprint density at radius 3 is 2.85 bits per heavy atom. The fourth-order valence-corrected chi connectivity index (χ4v) is 2.10. The lowest BCUT2D eigenvalue weighted by Gasteiger charge is -2.12. The van der Waals surface area contributed by atoms with E-state index in [0.717, 1.165) is 17.6 Å². The molecule has 2 rings (SSSR count). The van der Waals surface area contributed by atoms with E-state index in [1.165, 1.54) is 0 Å². The molecule has 1 heterocycles. The van der Waals surface area contributed by atoms with Gasteiger partial charge < -0.3 is 9.30 Å². The van der Waals surface area contributed by atoms with Crippen LogP contribution in [0.5, 0.6) is 0 Å². The number of carbonyl (C=O) groups excluding carboxylic acids is 1. The molecule has 108 valence electrons. The molecule has 1 N–H and O–H groups in total. The number of benzene rings is 1. The van der Waals surface area contributed by atoms with Crippen LogP contribution in [0.2, 0.25) is 0 Å². The fraction of sp³-hybridized carbons (Fsp3) is 0.467. The molecule has 0 fully saturated rings. The smallest absolute Gasteiger partial charge is 0.229 e. The minimum atomic E-state index is -0.0767. The molecule has 0 saturated heterocycles. The first-order valence-corrected chi connectivity index (χ1v) is 6.86. The predicted molar refractivity (Wildman–Crippen MR) is 79.7 cm³/mol. The van der Waals surface area contributed by atoms with Crippen molar-refractivity contribution in [2.24, 2.45) is 5.92 Å². The van der Waals surface area contributed by atoms with Crippen LogP contribution < -0.4 is 5.32 Å². The SMILES string of the molecule is COCCC(=O)Nc1nc2ccccc2n1CC(C)C. The van der Waals surface area contributed by atoms with Crippen molar-refractivity contribution in [2.75, 3.05) is 19.0 Å². The lowest BCUT2D eigenvalue weighted by Crippen LogP contribution is -2.18. The zero-order valence-electron chi connectivity index (χ0n) is 12.2. The minimum Gasteiger partial charge on any atom is -0.384 e. The van der Waals surface area contributed by atoms with Crippen molar-refractivity contribution in [2.45, 2.75) is 26.8 Å². The van der Waals surface area contributed by atoms with Crippen LogP contribution in [0.1, 0.15) is 20.3 Å². The number of fused-ring (bicyclic) bond motifs is 1. The molecule has 0 aliphatic rings. The monoisotopic (exact) mass is 275 g/mol. The lowest BCUT2D eigenvalue weighted by atomic mass is 10.2. The van der Waals surface area contributed by atoms with E-state index in [0.29, 0.717) is 24.9 Å². The van der Waals surface area contributed by atoms with Gasteiger partial charge in [0.15, 0.2) is 0 Å². The molecule has 0 spiro atoms. The number of nitrogens with zero attached hydrogens (tertiary/aromatic N) is 2. The van der Waals surface area contributed by atoms with Gasteiger partial charge in [-0.05, 0) is 18.1 Å². The summed E-state index contributed by atoms with van der Waals surface area (Å²) in [6.45, 7) is 5.52. The van der Waals surface area contributed by atoms with Crippen LogP contribution in [0.4, 0.5) is 5.95 Å². The largest absolute Gasteiger partial charge is 0.384 e. The second-order valence-corrected chi connectivity index (χ2v) is 5.22. The van der Waals surface area contributed by atoms with Crippen LogP contribution in [0.15, 0.2) is 24.3 Å². The Morgan fingerprint density at radius 1 is 1.40 bits per heavy atom. The molecule has 1 amide bonds. The van der Waals surface area contributed by atoms with Gasteiger partial charge in [0.05, 0.1) is 24.1 Å². The highest BCUT2D eigenvalue weighted by atomic mass is 16.5. The fourth-order valence-electron chi connectivity index (χ4n) is 2.10. The van der Waals surface area contributed by atoms with E-state index in [-0.39, 0.29) is 5.91 Å². The Kier molecular flexibility index (Phi) is 4.74. The van der Waals surface area contributed by atoms with Crippen molar-refractivity contribution in [1.29, 1.82) is 0 Å². The Hall–Kier alpha value is -1.88. The first-order chi connectivity index (χ1) is 9.61. The molecule has 0 aliphatic carbocycles. The number of nitrogens with one attached hydrogen (secondary N) is 1. The number of hydrogen-bond donors (Lipinski definition) is 1. The molecule has 0 aliphatic heterocycles.